The Hall–Kier alpha value is -1.43. The number of hydrogen-bond acceptors (Lipinski definition) is 5. The molecule has 0 aliphatic heterocycles. The minimum atomic E-state index is -0.899. The molecular formula is C12H22N2O4. The van der Waals surface area contributed by atoms with E-state index in [0.29, 0.717) is 6.42 Å². The van der Waals surface area contributed by atoms with Crippen LogP contribution in [-0.2, 0) is 19.1 Å². The molecule has 0 unspecified atom stereocenters. The van der Waals surface area contributed by atoms with Crippen molar-refractivity contribution in [3.8, 4) is 0 Å². The predicted molar refractivity (Wildman–Crippen MR) is 66.8 cm³/mol. The van der Waals surface area contributed by atoms with Crippen LogP contribution in [0.1, 0.15) is 39.0 Å². The van der Waals surface area contributed by atoms with Crippen molar-refractivity contribution >= 4 is 17.7 Å². The molecule has 0 spiro atoms. The van der Waals surface area contributed by atoms with Crippen LogP contribution in [0.3, 0.4) is 0 Å². The maximum absolute atomic E-state index is 11.5. The van der Waals surface area contributed by atoms with Gasteiger partial charge in [-0.3, -0.25) is 14.4 Å². The number of hydrogen-bond donors (Lipinski definition) is 2. The number of unbranched alkanes of at least 4 members (excludes halogenated alkanes) is 2. The number of nitrogens with two attached hydrogens (primary N) is 1. The number of carbonyl (C=O) groups is 3. The summed E-state index contributed by atoms with van der Waals surface area (Å²) < 4.78 is 4.37. The number of ether oxygens (including phenoxy) is 1. The first kappa shape index (κ1) is 16.6. The Morgan fingerprint density at radius 2 is 1.94 bits per heavy atom. The fourth-order valence-corrected chi connectivity index (χ4v) is 1.37. The molecule has 0 rings (SSSR count). The van der Waals surface area contributed by atoms with Gasteiger partial charge in [-0.2, -0.15) is 0 Å². The summed E-state index contributed by atoms with van der Waals surface area (Å²) in [4.78, 5) is 33.7. The summed E-state index contributed by atoms with van der Waals surface area (Å²) in [5.41, 5.74) is 5.57. The summed E-state index contributed by atoms with van der Waals surface area (Å²) in [6.07, 6.45) is 3.32. The molecule has 104 valence electrons. The molecule has 6 heteroatoms. The van der Waals surface area contributed by atoms with E-state index in [4.69, 9.17) is 5.73 Å². The van der Waals surface area contributed by atoms with Crippen LogP contribution in [0.2, 0.25) is 0 Å². The second kappa shape index (κ2) is 9.58. The lowest BCUT2D eigenvalue weighted by Gasteiger charge is -2.10. The van der Waals surface area contributed by atoms with Gasteiger partial charge < -0.3 is 15.8 Å². The van der Waals surface area contributed by atoms with Gasteiger partial charge in [0.25, 0.3) is 0 Å². The van der Waals surface area contributed by atoms with Crippen molar-refractivity contribution < 1.29 is 19.1 Å². The second-order valence-corrected chi connectivity index (χ2v) is 4.10. The topological polar surface area (TPSA) is 98.5 Å². The lowest BCUT2D eigenvalue weighted by atomic mass is 10.1. The van der Waals surface area contributed by atoms with E-state index in [1.54, 1.807) is 0 Å². The molecule has 1 atom stereocenters. The maximum Gasteiger partial charge on any atom is 0.325 e. The Labute approximate surface area is 107 Å². The summed E-state index contributed by atoms with van der Waals surface area (Å²) in [5, 5.41) is 2.32. The number of ketones is 1. The van der Waals surface area contributed by atoms with E-state index >= 15 is 0 Å². The van der Waals surface area contributed by atoms with Crippen LogP contribution in [0.5, 0.6) is 0 Å². The lowest BCUT2D eigenvalue weighted by Crippen LogP contribution is -2.43. The third-order valence-electron chi connectivity index (χ3n) is 2.48. The summed E-state index contributed by atoms with van der Waals surface area (Å²) in [5.74, 6) is -1.08. The highest BCUT2D eigenvalue weighted by molar-refractivity contribution is 5.90. The number of methoxy groups -OCH3 is 1. The molecule has 0 aliphatic rings. The summed E-state index contributed by atoms with van der Waals surface area (Å²) >= 11 is 0. The van der Waals surface area contributed by atoms with Crippen LogP contribution in [0.25, 0.3) is 0 Å². The molecule has 0 aromatic carbocycles. The molecule has 0 saturated heterocycles. The van der Waals surface area contributed by atoms with E-state index in [-0.39, 0.29) is 18.7 Å². The number of amides is 1. The van der Waals surface area contributed by atoms with Crippen LogP contribution in [0, 0.1) is 0 Å². The van der Waals surface area contributed by atoms with Crippen molar-refractivity contribution in [2.75, 3.05) is 13.7 Å². The van der Waals surface area contributed by atoms with Gasteiger partial charge in [0.1, 0.15) is 12.3 Å². The van der Waals surface area contributed by atoms with E-state index in [1.807, 2.05) is 0 Å². The Morgan fingerprint density at radius 3 is 2.50 bits per heavy atom. The van der Waals surface area contributed by atoms with E-state index in [1.165, 1.54) is 7.11 Å². The van der Waals surface area contributed by atoms with Gasteiger partial charge >= 0.3 is 5.97 Å². The molecule has 0 heterocycles. The van der Waals surface area contributed by atoms with Gasteiger partial charge in [0.15, 0.2) is 0 Å². The number of esters is 1. The average molecular weight is 258 g/mol. The quantitative estimate of drug-likeness (QED) is 0.453. The molecule has 1 amide bonds. The molecular weight excluding hydrogens is 236 g/mol. The van der Waals surface area contributed by atoms with Crippen molar-refractivity contribution in [3.63, 3.8) is 0 Å². The van der Waals surface area contributed by atoms with Crippen LogP contribution in [-0.4, -0.2) is 37.4 Å². The number of Topliss-reactive ketones (excluding diaryl/α,β-unsaturated/α-hetero) is 1. The van der Waals surface area contributed by atoms with Crippen LogP contribution >= 0.6 is 0 Å². The van der Waals surface area contributed by atoms with E-state index in [9.17, 15) is 14.4 Å². The van der Waals surface area contributed by atoms with E-state index in [0.717, 1.165) is 19.3 Å². The van der Waals surface area contributed by atoms with E-state index < -0.39 is 17.9 Å². The average Bonchev–Trinajstić information content (AvgIpc) is 2.35. The number of rotatable bonds is 9. The van der Waals surface area contributed by atoms with Crippen LogP contribution in [0.15, 0.2) is 0 Å². The number of carbonyl (C=O) groups excluding carboxylic acids is 3. The molecule has 6 nitrogen and oxygen atoms in total. The predicted octanol–water partition coefficient (Wildman–Crippen LogP) is 0.142. The van der Waals surface area contributed by atoms with Crippen LogP contribution in [0.4, 0.5) is 0 Å². The standard InChI is InChI=1S/C12H22N2O4/c1-3-4-5-6-9(15)7-10(13)12(17)14-8-11(16)18-2/h10H,3-8,13H2,1-2H3,(H,14,17)/t10-/m0/s1. The fourth-order valence-electron chi connectivity index (χ4n) is 1.37. The Morgan fingerprint density at radius 1 is 1.28 bits per heavy atom. The van der Waals surface area contributed by atoms with Crippen molar-refractivity contribution in [1.29, 1.82) is 0 Å². The largest absolute Gasteiger partial charge is 0.468 e. The number of nitrogens with one attached hydrogen (secondary N) is 1. The molecule has 0 radical (unpaired) electrons. The first-order valence-corrected chi connectivity index (χ1v) is 6.13. The fraction of sp³-hybridized carbons (Fsp3) is 0.750. The van der Waals surface area contributed by atoms with Crippen LogP contribution < -0.4 is 11.1 Å². The molecule has 0 aliphatic carbocycles. The van der Waals surface area contributed by atoms with Crippen molar-refractivity contribution in [2.24, 2.45) is 5.73 Å². The van der Waals surface area contributed by atoms with Gasteiger partial charge in [0.2, 0.25) is 5.91 Å². The first-order chi connectivity index (χ1) is 8.51. The molecule has 0 fully saturated rings. The zero-order chi connectivity index (χ0) is 14.0. The van der Waals surface area contributed by atoms with Crippen molar-refractivity contribution in [3.05, 3.63) is 0 Å². The normalized spacial score (nSPS) is 11.7. The molecule has 18 heavy (non-hydrogen) atoms. The Balaban J connectivity index is 3.85. The summed E-state index contributed by atoms with van der Waals surface area (Å²) in [6, 6.07) is -0.899. The molecule has 3 N–H and O–H groups in total. The third-order valence-corrected chi connectivity index (χ3v) is 2.48. The minimum absolute atomic E-state index is 0.0106. The van der Waals surface area contributed by atoms with Gasteiger partial charge in [-0.15, -0.1) is 0 Å². The summed E-state index contributed by atoms with van der Waals surface area (Å²) in [6.45, 7) is 1.82. The monoisotopic (exact) mass is 258 g/mol. The van der Waals surface area contributed by atoms with E-state index in [2.05, 4.69) is 17.0 Å². The highest BCUT2D eigenvalue weighted by Crippen LogP contribution is 2.03. The van der Waals surface area contributed by atoms with Gasteiger partial charge in [-0.1, -0.05) is 19.8 Å². The zero-order valence-corrected chi connectivity index (χ0v) is 11.0. The highest BCUT2D eigenvalue weighted by atomic mass is 16.5. The highest BCUT2D eigenvalue weighted by Gasteiger charge is 2.17. The maximum atomic E-state index is 11.5. The van der Waals surface area contributed by atoms with Gasteiger partial charge in [0.05, 0.1) is 13.2 Å². The second-order valence-electron chi connectivity index (χ2n) is 4.10. The molecule has 0 bridgehead atoms. The minimum Gasteiger partial charge on any atom is -0.468 e. The molecule has 0 aromatic rings. The lowest BCUT2D eigenvalue weighted by molar-refractivity contribution is -0.141. The zero-order valence-electron chi connectivity index (χ0n) is 11.0. The Kier molecular flexibility index (Phi) is 8.82. The van der Waals surface area contributed by atoms with Gasteiger partial charge in [0, 0.05) is 12.8 Å². The van der Waals surface area contributed by atoms with Gasteiger partial charge in [-0.05, 0) is 6.42 Å². The van der Waals surface area contributed by atoms with Crippen molar-refractivity contribution in [1.82, 2.24) is 5.32 Å². The molecule has 0 aromatic heterocycles. The molecule has 0 saturated carbocycles. The van der Waals surface area contributed by atoms with Gasteiger partial charge in [-0.25, -0.2) is 0 Å². The first-order valence-electron chi connectivity index (χ1n) is 6.13. The smallest absolute Gasteiger partial charge is 0.325 e. The third kappa shape index (κ3) is 7.78. The summed E-state index contributed by atoms with van der Waals surface area (Å²) in [7, 11) is 1.23. The Bertz CT molecular complexity index is 292. The SMILES string of the molecule is CCCCCC(=O)C[C@H](N)C(=O)NCC(=O)OC. The van der Waals surface area contributed by atoms with Crippen molar-refractivity contribution in [2.45, 2.75) is 45.1 Å².